The van der Waals surface area contributed by atoms with Crippen molar-refractivity contribution in [3.8, 4) is 0 Å². The minimum atomic E-state index is -5.08. The van der Waals surface area contributed by atoms with Crippen LogP contribution in [-0.4, -0.2) is 151 Å². The number of fused-ring (bicyclic) bond motifs is 3. The first kappa shape index (κ1) is 53.3. The maximum Gasteiger partial charge on any atom is 0.363 e. The predicted molar refractivity (Wildman–Crippen MR) is 277 cm³/mol. The van der Waals surface area contributed by atoms with Crippen molar-refractivity contribution in [1.29, 1.82) is 0 Å². The highest BCUT2D eigenvalue weighted by Gasteiger charge is 2.50. The van der Waals surface area contributed by atoms with Crippen LogP contribution in [-0.2, 0) is 51.6 Å². The number of nitrogens with zero attached hydrogens (tertiary/aromatic N) is 6. The number of rotatable bonds is 13. The Bertz CT molecular complexity index is 3210. The number of amides is 6. The lowest BCUT2D eigenvalue weighted by molar-refractivity contribution is -0.156. The third-order valence-electron chi connectivity index (χ3n) is 15.6. The van der Waals surface area contributed by atoms with Crippen LogP contribution in [0.3, 0.4) is 0 Å². The molecule has 3 aromatic carbocycles. The Kier molecular flexibility index (Phi) is 14.7. The second-order valence-electron chi connectivity index (χ2n) is 21.8. The molecule has 6 amide bonds. The van der Waals surface area contributed by atoms with Crippen LogP contribution in [0.15, 0.2) is 77.6 Å². The Morgan fingerprint density at radius 2 is 1.64 bits per heavy atom. The van der Waals surface area contributed by atoms with E-state index in [-0.39, 0.29) is 97.8 Å². The summed E-state index contributed by atoms with van der Waals surface area (Å²) in [7, 11) is -3.41. The van der Waals surface area contributed by atoms with Crippen molar-refractivity contribution in [2.24, 2.45) is 24.3 Å². The normalized spacial score (nSPS) is 24.3. The van der Waals surface area contributed by atoms with Gasteiger partial charge in [0, 0.05) is 64.0 Å². The summed E-state index contributed by atoms with van der Waals surface area (Å²) in [5, 5.41) is 5.64. The molecule has 0 saturated carbocycles. The van der Waals surface area contributed by atoms with Crippen LogP contribution in [0.5, 0.6) is 0 Å². The molecule has 0 bridgehead atoms. The number of imide groups is 1. The summed E-state index contributed by atoms with van der Waals surface area (Å²) >= 11 is 1.07. The van der Waals surface area contributed by atoms with E-state index in [1.807, 2.05) is 48.5 Å². The van der Waals surface area contributed by atoms with Gasteiger partial charge in [-0.15, -0.1) is 11.3 Å². The van der Waals surface area contributed by atoms with Crippen LogP contribution in [0, 0.1) is 17.3 Å². The van der Waals surface area contributed by atoms with E-state index in [2.05, 4.69) is 15.5 Å². The first-order valence-corrected chi connectivity index (χ1v) is 28.1. The van der Waals surface area contributed by atoms with Gasteiger partial charge in [0.2, 0.25) is 35.4 Å². The lowest BCUT2D eigenvalue weighted by Crippen LogP contribution is -2.60. The van der Waals surface area contributed by atoms with E-state index >= 15 is 0 Å². The van der Waals surface area contributed by atoms with Crippen molar-refractivity contribution in [3.05, 3.63) is 105 Å². The lowest BCUT2D eigenvalue weighted by Gasteiger charge is -2.39. The number of imidazole rings is 1. The minimum absolute atomic E-state index is 0.108. The van der Waals surface area contributed by atoms with Gasteiger partial charge in [-0.2, -0.15) is 0 Å². The zero-order valence-electron chi connectivity index (χ0n) is 42.6. The number of halogens is 1. The zero-order chi connectivity index (χ0) is 54.0. The second kappa shape index (κ2) is 21.0. The summed E-state index contributed by atoms with van der Waals surface area (Å²) in [6.07, 6.45) is -0.613. The fourth-order valence-corrected chi connectivity index (χ4v) is 13.1. The molecule has 5 saturated heterocycles. The Morgan fingerprint density at radius 1 is 0.908 bits per heavy atom. The molecule has 5 fully saturated rings. The van der Waals surface area contributed by atoms with E-state index in [9.17, 15) is 52.3 Å². The molecule has 5 aliphatic heterocycles. The number of morpholine rings is 1. The summed E-state index contributed by atoms with van der Waals surface area (Å²) in [4.78, 5) is 122. The van der Waals surface area contributed by atoms with Gasteiger partial charge in [0.05, 0.1) is 35.2 Å². The molecule has 0 spiro atoms. The number of hydrogen-bond acceptors (Lipinski definition) is 12. The number of carbonyl (C=O) groups is 6. The van der Waals surface area contributed by atoms with Crippen LogP contribution in [0.25, 0.3) is 21.1 Å². The van der Waals surface area contributed by atoms with Gasteiger partial charge in [0.15, 0.2) is 0 Å². The smallest absolute Gasteiger partial charge is 0.363 e. The van der Waals surface area contributed by atoms with Gasteiger partial charge < -0.3 is 39.3 Å². The van der Waals surface area contributed by atoms with Gasteiger partial charge in [0.25, 0.3) is 5.91 Å². The topological polar surface area (TPSA) is 242 Å². The highest BCUT2D eigenvalue weighted by molar-refractivity contribution is 7.51. The molecule has 2 aromatic heterocycles. The van der Waals surface area contributed by atoms with Gasteiger partial charge >= 0.3 is 13.3 Å². The van der Waals surface area contributed by atoms with Crippen molar-refractivity contribution >= 4 is 75.5 Å². The highest BCUT2D eigenvalue weighted by Crippen LogP contribution is 2.53. The summed E-state index contributed by atoms with van der Waals surface area (Å²) in [5.41, 5.74) is 1.77. The Hall–Kier alpha value is -6.13. The Morgan fingerprint density at radius 3 is 2.34 bits per heavy atom. The van der Waals surface area contributed by atoms with Gasteiger partial charge in [0.1, 0.15) is 30.8 Å². The minimum Gasteiger partial charge on any atom is -0.370 e. The first-order valence-electron chi connectivity index (χ1n) is 25.6. The Labute approximate surface area is 441 Å². The third-order valence-corrected chi connectivity index (χ3v) is 17.6. The molecule has 20 nitrogen and oxygen atoms in total. The summed E-state index contributed by atoms with van der Waals surface area (Å²) in [5.74, 6) is -4.65. The molecule has 5 aromatic rings. The number of piperidine rings is 1. The van der Waals surface area contributed by atoms with Crippen LogP contribution in [0.4, 0.5) is 4.39 Å². The fourth-order valence-electron chi connectivity index (χ4n) is 11.6. The average molecular weight is 1090 g/mol. The monoisotopic (exact) mass is 1080 g/mol. The average Bonchev–Trinajstić information content (AvgIpc) is 4.25. The number of aryl methyl sites for hydroxylation is 1. The molecule has 1 unspecified atom stereocenters. The summed E-state index contributed by atoms with van der Waals surface area (Å²) in [6, 6.07) is 17.8. The van der Waals surface area contributed by atoms with Crippen LogP contribution < -0.4 is 16.3 Å². The van der Waals surface area contributed by atoms with Crippen LogP contribution in [0.2, 0.25) is 0 Å². The SMILES string of the molecule is Cn1c(=O)n(C2CCC(=O)NC2=O)c2ccc(CN3C[C@@H]4CN(C(=O)CO[C@@H]5CCN(C(=O)[C@@H](NC(=O)c6cc7cc([C@H](F)P(=O)(O)O)ccc7s6)C(C)(C)C)[C@@H]5C(=O)N5CCO[C@H](c6ccccc6)C5)C[C@@H]4C3)cc21. The van der Waals surface area contributed by atoms with Crippen molar-refractivity contribution in [1.82, 2.24) is 39.4 Å². The molecule has 10 rings (SSSR count). The molecule has 8 atom stereocenters. The number of likely N-dealkylation sites (tertiary alicyclic amines) is 3. The Balaban J connectivity index is 0.808. The summed E-state index contributed by atoms with van der Waals surface area (Å²) < 4.78 is 42.3. The van der Waals surface area contributed by atoms with Crippen LogP contribution >= 0.6 is 18.9 Å². The number of carbonyl (C=O) groups excluding carboxylic acids is 6. The molecule has 4 N–H and O–H groups in total. The van der Waals surface area contributed by atoms with Crippen molar-refractivity contribution in [3.63, 3.8) is 0 Å². The highest BCUT2D eigenvalue weighted by atomic mass is 32.1. The second-order valence-corrected chi connectivity index (χ2v) is 24.5. The number of thiophene rings is 1. The van der Waals surface area contributed by atoms with E-state index in [0.717, 1.165) is 35.6 Å². The number of benzene rings is 3. The van der Waals surface area contributed by atoms with E-state index in [4.69, 9.17) is 9.47 Å². The molecule has 0 aliphatic carbocycles. The summed E-state index contributed by atoms with van der Waals surface area (Å²) in [6.45, 7) is 9.08. The molecular formula is C53H62FN8O12PS. The quantitative estimate of drug-likeness (QED) is 0.0965. The van der Waals surface area contributed by atoms with E-state index in [0.29, 0.717) is 40.8 Å². The predicted octanol–water partition coefficient (Wildman–Crippen LogP) is 4.00. The van der Waals surface area contributed by atoms with E-state index in [1.165, 1.54) is 38.3 Å². The van der Waals surface area contributed by atoms with Gasteiger partial charge in [-0.1, -0.05) is 63.2 Å². The van der Waals surface area contributed by atoms with Crippen LogP contribution in [0.1, 0.15) is 84.5 Å². The molecule has 404 valence electrons. The third kappa shape index (κ3) is 10.6. The maximum atomic E-state index is 15.0. The van der Waals surface area contributed by atoms with Gasteiger partial charge in [-0.05, 0) is 82.5 Å². The molecule has 76 heavy (non-hydrogen) atoms. The number of alkyl halides is 1. The van der Waals surface area contributed by atoms with E-state index in [1.54, 1.807) is 37.6 Å². The lowest BCUT2D eigenvalue weighted by atomic mass is 9.85. The zero-order valence-corrected chi connectivity index (χ0v) is 44.3. The van der Waals surface area contributed by atoms with Gasteiger partial charge in [-0.3, -0.25) is 52.7 Å². The van der Waals surface area contributed by atoms with Crippen molar-refractivity contribution in [2.75, 3.05) is 59.0 Å². The van der Waals surface area contributed by atoms with E-state index < -0.39 is 67.0 Å². The molecule has 7 heterocycles. The largest absolute Gasteiger partial charge is 0.370 e. The maximum absolute atomic E-state index is 15.0. The number of nitrogens with one attached hydrogen (secondary N) is 2. The molecular weight excluding hydrogens is 1020 g/mol. The van der Waals surface area contributed by atoms with Crippen molar-refractivity contribution < 1.29 is 57.0 Å². The number of aromatic nitrogens is 2. The molecule has 23 heteroatoms. The first-order chi connectivity index (χ1) is 36.1. The van der Waals surface area contributed by atoms with Crippen molar-refractivity contribution in [2.45, 2.75) is 82.8 Å². The molecule has 0 radical (unpaired) electrons. The van der Waals surface area contributed by atoms with Gasteiger partial charge in [-0.25, -0.2) is 9.18 Å². The molecule has 5 aliphatic rings. The standard InChI is InChI=1S/C53H62FN8O12PS/c1-53(2,3)46(56-49(66)42-22-33-21-32(11-14-41(33)76-42)47(54)75(70,71)72)51(68)61-17-16-39(45(61)50(67)59-18-19-73-40(28-59)31-8-6-5-7-9-31)74-29-44(64)60-26-34-24-58(25-35(34)27-60)23-30-10-12-36-38(20-30)57(4)52(69)62(36)37-13-15-43(63)55-48(37)65/h5-12,14,20-22,34-35,37,39-40,45-47H,13,15-19,23-29H2,1-4H3,(H,56,66)(H,55,63,65)(H2,70,71,72)/t34-,35+,37?,39-,40+,45+,46-,47-/m1/s1. The fraction of sp³-hybridized carbons (Fsp3) is 0.491. The number of hydrogen-bond donors (Lipinski definition) is 4. The number of ether oxygens (including phenoxy) is 2.